The van der Waals surface area contributed by atoms with Crippen LogP contribution in [0.2, 0.25) is 0 Å². The number of benzene rings is 2. The van der Waals surface area contributed by atoms with E-state index < -0.39 is 36.7 Å². The van der Waals surface area contributed by atoms with Gasteiger partial charge in [0, 0.05) is 6.07 Å². The third-order valence-electron chi connectivity index (χ3n) is 3.23. The second-order valence-corrected chi connectivity index (χ2v) is 5.22. The van der Waals surface area contributed by atoms with Crippen LogP contribution in [0.25, 0.3) is 0 Å². The zero-order chi connectivity index (χ0) is 20.7. The van der Waals surface area contributed by atoms with Gasteiger partial charge in [0.15, 0.2) is 18.1 Å². The van der Waals surface area contributed by atoms with Crippen LogP contribution < -0.4 is 14.8 Å². The van der Waals surface area contributed by atoms with Crippen LogP contribution in [0.3, 0.4) is 0 Å². The number of amides is 1. The minimum Gasteiger partial charge on any atom is -0.490 e. The van der Waals surface area contributed by atoms with Crippen molar-refractivity contribution in [1.82, 2.24) is 0 Å². The number of anilines is 1. The van der Waals surface area contributed by atoms with E-state index in [1.54, 1.807) is 6.92 Å². The van der Waals surface area contributed by atoms with E-state index in [0.717, 1.165) is 30.3 Å². The molecule has 1 N–H and O–H groups in total. The molecule has 0 fully saturated rings. The van der Waals surface area contributed by atoms with Crippen LogP contribution in [-0.4, -0.2) is 31.7 Å². The summed E-state index contributed by atoms with van der Waals surface area (Å²) in [6.45, 7) is -2.10. The van der Waals surface area contributed by atoms with Crippen molar-refractivity contribution in [1.29, 1.82) is 0 Å². The van der Waals surface area contributed by atoms with Gasteiger partial charge in [-0.3, -0.25) is 4.79 Å². The van der Waals surface area contributed by atoms with Gasteiger partial charge in [-0.15, -0.1) is 0 Å². The first-order chi connectivity index (χ1) is 13.3. The quantitative estimate of drug-likeness (QED) is 0.539. The summed E-state index contributed by atoms with van der Waals surface area (Å²) in [6, 6.07) is 5.92. The minimum absolute atomic E-state index is 0.0779. The number of hydrogen-bond donors (Lipinski definition) is 1. The molecule has 2 aromatic rings. The molecule has 0 radical (unpaired) electrons. The average Bonchev–Trinajstić information content (AvgIpc) is 2.63. The molecule has 0 spiro atoms. The van der Waals surface area contributed by atoms with Crippen LogP contribution in [0, 0.1) is 11.6 Å². The molecule has 0 saturated carbocycles. The fraction of sp³-hybridized carbons (Fsp3) is 0.222. The summed E-state index contributed by atoms with van der Waals surface area (Å²) < 4.78 is 65.3. The first-order valence-electron chi connectivity index (χ1n) is 7.93. The summed E-state index contributed by atoms with van der Waals surface area (Å²) >= 11 is 0. The number of ether oxygens (including phenoxy) is 3. The van der Waals surface area contributed by atoms with E-state index in [9.17, 15) is 27.2 Å². The highest BCUT2D eigenvalue weighted by molar-refractivity contribution is 5.95. The summed E-state index contributed by atoms with van der Waals surface area (Å²) in [4.78, 5) is 23.8. The standard InChI is InChI=1S/C18H15F4NO5/c1-2-26-15-7-10(3-6-14(15)28-18(21)22)17(25)27-9-16(24)23-13-5-4-11(19)8-12(13)20/h3-8,18H,2,9H2,1H3,(H,23,24). The number of carbonyl (C=O) groups excluding carboxylic acids is 2. The van der Waals surface area contributed by atoms with Crippen LogP contribution in [0.4, 0.5) is 23.2 Å². The van der Waals surface area contributed by atoms with Crippen LogP contribution in [0.5, 0.6) is 11.5 Å². The number of halogens is 4. The van der Waals surface area contributed by atoms with Crippen LogP contribution in [0.1, 0.15) is 17.3 Å². The molecule has 0 aliphatic heterocycles. The molecule has 0 unspecified atom stereocenters. The monoisotopic (exact) mass is 401 g/mol. The van der Waals surface area contributed by atoms with Crippen LogP contribution in [-0.2, 0) is 9.53 Å². The summed E-state index contributed by atoms with van der Waals surface area (Å²) in [6.07, 6.45) is 0. The first kappa shape index (κ1) is 21.0. The topological polar surface area (TPSA) is 73.9 Å². The van der Waals surface area contributed by atoms with E-state index in [1.165, 1.54) is 0 Å². The summed E-state index contributed by atoms with van der Waals surface area (Å²) in [5.74, 6) is -3.98. The van der Waals surface area contributed by atoms with Crippen molar-refractivity contribution in [2.24, 2.45) is 0 Å². The smallest absolute Gasteiger partial charge is 0.387 e. The molecule has 0 heterocycles. The molecule has 2 aromatic carbocycles. The highest BCUT2D eigenvalue weighted by atomic mass is 19.3. The molecule has 0 aliphatic carbocycles. The Kier molecular flexibility index (Phi) is 7.19. The van der Waals surface area contributed by atoms with E-state index in [0.29, 0.717) is 6.07 Å². The Bertz CT molecular complexity index is 860. The molecule has 28 heavy (non-hydrogen) atoms. The maximum atomic E-state index is 13.5. The zero-order valence-corrected chi connectivity index (χ0v) is 14.5. The lowest BCUT2D eigenvalue weighted by Crippen LogP contribution is -2.21. The lowest BCUT2D eigenvalue weighted by Gasteiger charge is -2.12. The van der Waals surface area contributed by atoms with Crippen LogP contribution >= 0.6 is 0 Å². The number of rotatable bonds is 8. The molecular formula is C18H15F4NO5. The minimum atomic E-state index is -3.08. The molecule has 150 valence electrons. The van der Waals surface area contributed by atoms with Crippen molar-refractivity contribution in [2.45, 2.75) is 13.5 Å². The number of hydrogen-bond acceptors (Lipinski definition) is 5. The Morgan fingerprint density at radius 1 is 1.07 bits per heavy atom. The molecule has 0 bridgehead atoms. The van der Waals surface area contributed by atoms with Gasteiger partial charge < -0.3 is 19.5 Å². The normalized spacial score (nSPS) is 10.5. The largest absolute Gasteiger partial charge is 0.490 e. The third kappa shape index (κ3) is 5.86. The third-order valence-corrected chi connectivity index (χ3v) is 3.23. The maximum absolute atomic E-state index is 13.5. The van der Waals surface area contributed by atoms with E-state index in [4.69, 9.17) is 9.47 Å². The van der Waals surface area contributed by atoms with Crippen molar-refractivity contribution in [3.63, 3.8) is 0 Å². The molecular weight excluding hydrogens is 386 g/mol. The van der Waals surface area contributed by atoms with E-state index >= 15 is 0 Å². The molecule has 0 aromatic heterocycles. The number of carbonyl (C=O) groups is 2. The zero-order valence-electron chi connectivity index (χ0n) is 14.5. The summed E-state index contributed by atoms with van der Waals surface area (Å²) in [5, 5.41) is 2.12. The van der Waals surface area contributed by atoms with Crippen molar-refractivity contribution < 1.29 is 41.4 Å². The van der Waals surface area contributed by atoms with Gasteiger partial charge in [-0.25, -0.2) is 13.6 Å². The lowest BCUT2D eigenvalue weighted by atomic mass is 10.2. The Hall–Kier alpha value is -3.30. The fourth-order valence-electron chi connectivity index (χ4n) is 2.09. The Morgan fingerprint density at radius 2 is 1.82 bits per heavy atom. The Morgan fingerprint density at radius 3 is 2.46 bits per heavy atom. The highest BCUT2D eigenvalue weighted by Gasteiger charge is 2.17. The van der Waals surface area contributed by atoms with Crippen molar-refractivity contribution in [3.05, 3.63) is 53.6 Å². The summed E-state index contributed by atoms with van der Waals surface area (Å²) in [5.41, 5.74) is -0.361. The summed E-state index contributed by atoms with van der Waals surface area (Å²) in [7, 11) is 0. The maximum Gasteiger partial charge on any atom is 0.387 e. The van der Waals surface area contributed by atoms with Gasteiger partial charge in [0.05, 0.1) is 17.9 Å². The molecule has 0 atom stereocenters. The van der Waals surface area contributed by atoms with Crippen LogP contribution in [0.15, 0.2) is 36.4 Å². The molecule has 10 heteroatoms. The van der Waals surface area contributed by atoms with Crippen molar-refractivity contribution in [3.8, 4) is 11.5 Å². The Labute approximate surface area is 157 Å². The predicted octanol–water partition coefficient (Wildman–Crippen LogP) is 3.76. The van der Waals surface area contributed by atoms with E-state index in [1.807, 2.05) is 0 Å². The fourth-order valence-corrected chi connectivity index (χ4v) is 2.09. The second kappa shape index (κ2) is 9.58. The lowest BCUT2D eigenvalue weighted by molar-refractivity contribution is -0.119. The Balaban J connectivity index is 1.99. The van der Waals surface area contributed by atoms with Gasteiger partial charge in [-0.05, 0) is 37.3 Å². The van der Waals surface area contributed by atoms with Gasteiger partial charge in [-0.1, -0.05) is 0 Å². The molecule has 0 saturated heterocycles. The second-order valence-electron chi connectivity index (χ2n) is 5.22. The number of nitrogens with one attached hydrogen (secondary N) is 1. The van der Waals surface area contributed by atoms with Crippen molar-refractivity contribution >= 4 is 17.6 Å². The van der Waals surface area contributed by atoms with Gasteiger partial charge in [0.25, 0.3) is 5.91 Å². The number of alkyl halides is 2. The van der Waals surface area contributed by atoms with Gasteiger partial charge >= 0.3 is 12.6 Å². The predicted molar refractivity (Wildman–Crippen MR) is 89.5 cm³/mol. The van der Waals surface area contributed by atoms with E-state index in [2.05, 4.69) is 10.1 Å². The van der Waals surface area contributed by atoms with Gasteiger partial charge in [-0.2, -0.15) is 8.78 Å². The molecule has 1 amide bonds. The molecule has 0 aliphatic rings. The average molecular weight is 401 g/mol. The molecule has 6 nitrogen and oxygen atoms in total. The first-order valence-corrected chi connectivity index (χ1v) is 7.93. The van der Waals surface area contributed by atoms with Gasteiger partial charge in [0.2, 0.25) is 0 Å². The van der Waals surface area contributed by atoms with Crippen molar-refractivity contribution in [2.75, 3.05) is 18.5 Å². The highest BCUT2D eigenvalue weighted by Crippen LogP contribution is 2.30. The van der Waals surface area contributed by atoms with E-state index in [-0.39, 0.29) is 29.4 Å². The van der Waals surface area contributed by atoms with Gasteiger partial charge in [0.1, 0.15) is 11.6 Å². The SMILES string of the molecule is CCOc1cc(C(=O)OCC(=O)Nc2ccc(F)cc2F)ccc1OC(F)F. The number of esters is 1. The molecule has 2 rings (SSSR count).